The smallest absolute Gasteiger partial charge is 0.303 e. The van der Waals surface area contributed by atoms with Gasteiger partial charge in [0.15, 0.2) is 0 Å². The molecular weight excluding hydrogens is 364 g/mol. The SMILES string of the molecule is CCCCCCCCC(CC(O)CCCCCCC(=O)O)OCc1ccccc1. The maximum absolute atomic E-state index is 10.5. The highest BCUT2D eigenvalue weighted by atomic mass is 16.5. The van der Waals surface area contributed by atoms with Gasteiger partial charge >= 0.3 is 5.97 Å². The van der Waals surface area contributed by atoms with E-state index in [1.54, 1.807) is 0 Å². The number of carbonyl (C=O) groups is 1. The zero-order valence-corrected chi connectivity index (χ0v) is 18.4. The van der Waals surface area contributed by atoms with Crippen LogP contribution in [0.4, 0.5) is 0 Å². The molecule has 2 atom stereocenters. The van der Waals surface area contributed by atoms with Crippen molar-refractivity contribution in [1.82, 2.24) is 0 Å². The second-order valence-corrected chi connectivity index (χ2v) is 8.21. The lowest BCUT2D eigenvalue weighted by Gasteiger charge is -2.21. The van der Waals surface area contributed by atoms with Gasteiger partial charge in [0.2, 0.25) is 0 Å². The first-order chi connectivity index (χ1) is 14.1. The van der Waals surface area contributed by atoms with Crippen LogP contribution in [0.3, 0.4) is 0 Å². The number of hydrogen-bond donors (Lipinski definition) is 2. The normalized spacial score (nSPS) is 13.3. The highest BCUT2D eigenvalue weighted by molar-refractivity contribution is 5.66. The summed E-state index contributed by atoms with van der Waals surface area (Å²) < 4.78 is 6.17. The largest absolute Gasteiger partial charge is 0.481 e. The summed E-state index contributed by atoms with van der Waals surface area (Å²) in [6, 6.07) is 10.2. The molecule has 2 N–H and O–H groups in total. The first kappa shape index (κ1) is 25.6. The lowest BCUT2D eigenvalue weighted by Crippen LogP contribution is -2.21. The molecule has 0 saturated heterocycles. The molecule has 4 heteroatoms. The molecule has 2 unspecified atom stereocenters. The van der Waals surface area contributed by atoms with Crippen LogP contribution < -0.4 is 0 Å². The summed E-state index contributed by atoms with van der Waals surface area (Å²) in [5.74, 6) is -0.724. The molecule has 0 bridgehead atoms. The zero-order valence-electron chi connectivity index (χ0n) is 18.4. The minimum absolute atomic E-state index is 0.100. The summed E-state index contributed by atoms with van der Waals surface area (Å²) in [6.07, 6.45) is 13.7. The van der Waals surface area contributed by atoms with Crippen LogP contribution in [0.1, 0.15) is 102 Å². The fourth-order valence-corrected chi connectivity index (χ4v) is 3.64. The molecule has 1 rings (SSSR count). The van der Waals surface area contributed by atoms with E-state index in [1.807, 2.05) is 18.2 Å². The Labute approximate surface area is 177 Å². The van der Waals surface area contributed by atoms with E-state index >= 15 is 0 Å². The molecule has 29 heavy (non-hydrogen) atoms. The van der Waals surface area contributed by atoms with Crippen molar-refractivity contribution < 1.29 is 19.7 Å². The van der Waals surface area contributed by atoms with Crippen LogP contribution in [-0.2, 0) is 16.1 Å². The molecule has 0 saturated carbocycles. The average molecular weight is 407 g/mol. The number of carboxylic acid groups (broad SMARTS) is 1. The highest BCUT2D eigenvalue weighted by Gasteiger charge is 2.15. The Balaban J connectivity index is 2.30. The Hall–Kier alpha value is -1.39. The molecule has 0 aliphatic rings. The van der Waals surface area contributed by atoms with Crippen molar-refractivity contribution in [3.05, 3.63) is 35.9 Å². The molecule has 0 heterocycles. The first-order valence-corrected chi connectivity index (χ1v) is 11.7. The molecule has 1 aromatic rings. The van der Waals surface area contributed by atoms with Crippen LogP contribution in [0.5, 0.6) is 0 Å². The van der Waals surface area contributed by atoms with E-state index in [0.717, 1.165) is 44.9 Å². The Kier molecular flexibility index (Phi) is 15.4. The second kappa shape index (κ2) is 17.5. The summed E-state index contributed by atoms with van der Waals surface area (Å²) in [5, 5.41) is 19.1. The van der Waals surface area contributed by atoms with Gasteiger partial charge in [0, 0.05) is 6.42 Å². The Morgan fingerprint density at radius 3 is 2.21 bits per heavy atom. The summed E-state index contributed by atoms with van der Waals surface area (Å²) in [5.41, 5.74) is 1.17. The van der Waals surface area contributed by atoms with Crippen LogP contribution in [-0.4, -0.2) is 28.4 Å². The van der Waals surface area contributed by atoms with Gasteiger partial charge in [-0.3, -0.25) is 4.79 Å². The molecule has 0 fully saturated rings. The fourth-order valence-electron chi connectivity index (χ4n) is 3.64. The summed E-state index contributed by atoms with van der Waals surface area (Å²) in [6.45, 7) is 2.84. The van der Waals surface area contributed by atoms with Gasteiger partial charge in [-0.05, 0) is 31.2 Å². The summed E-state index contributed by atoms with van der Waals surface area (Å²) in [4.78, 5) is 10.5. The van der Waals surface area contributed by atoms with Crippen LogP contribution in [0.2, 0.25) is 0 Å². The standard InChI is InChI=1S/C25H42O4/c1-2-3-4-5-6-13-18-24(29-21-22-15-10-9-11-16-22)20-23(26)17-12-7-8-14-19-25(27)28/h9-11,15-16,23-24,26H,2-8,12-14,17-21H2,1H3,(H,27,28). The van der Waals surface area contributed by atoms with Crippen molar-refractivity contribution >= 4 is 5.97 Å². The molecule has 166 valence electrons. The first-order valence-electron chi connectivity index (χ1n) is 11.7. The molecule has 1 aromatic carbocycles. The van der Waals surface area contributed by atoms with E-state index in [4.69, 9.17) is 9.84 Å². The van der Waals surface area contributed by atoms with Gasteiger partial charge in [-0.15, -0.1) is 0 Å². The van der Waals surface area contributed by atoms with Gasteiger partial charge in [0.25, 0.3) is 0 Å². The highest BCUT2D eigenvalue weighted by Crippen LogP contribution is 2.19. The van der Waals surface area contributed by atoms with Gasteiger partial charge < -0.3 is 14.9 Å². The van der Waals surface area contributed by atoms with E-state index in [0.29, 0.717) is 13.0 Å². The van der Waals surface area contributed by atoms with E-state index in [9.17, 15) is 9.90 Å². The van der Waals surface area contributed by atoms with E-state index in [1.165, 1.54) is 37.7 Å². The number of carboxylic acids is 1. The molecule has 0 aliphatic carbocycles. The number of hydrogen-bond acceptors (Lipinski definition) is 3. The van der Waals surface area contributed by atoms with Crippen molar-refractivity contribution in [2.24, 2.45) is 0 Å². The van der Waals surface area contributed by atoms with Crippen molar-refractivity contribution in [1.29, 1.82) is 0 Å². The maximum Gasteiger partial charge on any atom is 0.303 e. The third kappa shape index (κ3) is 15.2. The maximum atomic E-state index is 10.5. The molecule has 0 radical (unpaired) electrons. The molecule has 0 spiro atoms. The second-order valence-electron chi connectivity index (χ2n) is 8.21. The molecular formula is C25H42O4. The minimum atomic E-state index is -0.724. The van der Waals surface area contributed by atoms with Crippen molar-refractivity contribution in [3.8, 4) is 0 Å². The van der Waals surface area contributed by atoms with Crippen LogP contribution in [0.25, 0.3) is 0 Å². The Morgan fingerprint density at radius 2 is 1.52 bits per heavy atom. The van der Waals surface area contributed by atoms with Crippen molar-refractivity contribution in [3.63, 3.8) is 0 Å². The average Bonchev–Trinajstić information content (AvgIpc) is 2.71. The predicted molar refractivity (Wildman–Crippen MR) is 119 cm³/mol. The molecule has 0 aliphatic heterocycles. The zero-order chi connectivity index (χ0) is 21.2. The van der Waals surface area contributed by atoms with E-state index < -0.39 is 5.97 Å². The number of aliphatic hydroxyl groups excluding tert-OH is 1. The third-order valence-electron chi connectivity index (χ3n) is 5.42. The minimum Gasteiger partial charge on any atom is -0.481 e. The van der Waals surface area contributed by atoms with Gasteiger partial charge in [-0.1, -0.05) is 95.0 Å². The quantitative estimate of drug-likeness (QED) is 0.257. The van der Waals surface area contributed by atoms with E-state index in [2.05, 4.69) is 19.1 Å². The topological polar surface area (TPSA) is 66.8 Å². The number of aliphatic carboxylic acids is 1. The van der Waals surface area contributed by atoms with Crippen LogP contribution in [0.15, 0.2) is 30.3 Å². The predicted octanol–water partition coefficient (Wildman–Crippen LogP) is 6.50. The fraction of sp³-hybridized carbons (Fsp3) is 0.720. The summed E-state index contributed by atoms with van der Waals surface area (Å²) >= 11 is 0. The van der Waals surface area contributed by atoms with Gasteiger partial charge in [-0.25, -0.2) is 0 Å². The molecule has 0 amide bonds. The number of aliphatic hydroxyl groups is 1. The number of benzene rings is 1. The van der Waals surface area contributed by atoms with Crippen molar-refractivity contribution in [2.75, 3.05) is 0 Å². The number of rotatable bonds is 19. The third-order valence-corrected chi connectivity index (χ3v) is 5.42. The van der Waals surface area contributed by atoms with Crippen LogP contribution in [0, 0.1) is 0 Å². The Morgan fingerprint density at radius 1 is 0.897 bits per heavy atom. The Bertz CT molecular complexity index is 503. The van der Waals surface area contributed by atoms with Crippen LogP contribution >= 0.6 is 0 Å². The van der Waals surface area contributed by atoms with Gasteiger partial charge in [-0.2, -0.15) is 0 Å². The number of ether oxygens (including phenoxy) is 1. The lowest BCUT2D eigenvalue weighted by molar-refractivity contribution is -0.137. The summed E-state index contributed by atoms with van der Waals surface area (Å²) in [7, 11) is 0. The molecule has 0 aromatic heterocycles. The number of unbranched alkanes of at least 4 members (excludes halogenated alkanes) is 8. The van der Waals surface area contributed by atoms with Crippen molar-refractivity contribution in [2.45, 2.75) is 116 Å². The van der Waals surface area contributed by atoms with E-state index in [-0.39, 0.29) is 18.6 Å². The van der Waals surface area contributed by atoms with Gasteiger partial charge in [0.05, 0.1) is 18.8 Å². The van der Waals surface area contributed by atoms with Gasteiger partial charge in [0.1, 0.15) is 0 Å². The molecule has 4 nitrogen and oxygen atoms in total. The lowest BCUT2D eigenvalue weighted by atomic mass is 9.99. The monoisotopic (exact) mass is 406 g/mol.